The summed E-state index contributed by atoms with van der Waals surface area (Å²) in [5.41, 5.74) is 0. The van der Waals surface area contributed by atoms with Gasteiger partial charge in [-0.2, -0.15) is 0 Å². The summed E-state index contributed by atoms with van der Waals surface area (Å²) in [6.45, 7) is 1.86. The van der Waals surface area contributed by atoms with Crippen molar-refractivity contribution in [3.63, 3.8) is 0 Å². The molecule has 3 rings (SSSR count). The van der Waals surface area contributed by atoms with Gasteiger partial charge in [0.05, 0.1) is 11.1 Å². The zero-order valence-electron chi connectivity index (χ0n) is 8.23. The zero-order valence-corrected chi connectivity index (χ0v) is 9.04. The van der Waals surface area contributed by atoms with Gasteiger partial charge in [0.25, 0.3) is 0 Å². The van der Waals surface area contributed by atoms with Gasteiger partial charge in [0.1, 0.15) is 0 Å². The van der Waals surface area contributed by atoms with Crippen molar-refractivity contribution in [3.05, 3.63) is 42.4 Å². The summed E-state index contributed by atoms with van der Waals surface area (Å²) in [6, 6.07) is 10.5. The first-order chi connectivity index (χ1) is 7.33. The molecule has 0 aliphatic heterocycles. The van der Waals surface area contributed by atoms with Gasteiger partial charge in [-0.3, -0.25) is 0 Å². The number of hydrogen-bond donors (Lipinski definition) is 0. The highest BCUT2D eigenvalue weighted by atomic mass is 32.1. The minimum Gasteiger partial charge on any atom is -0.440 e. The van der Waals surface area contributed by atoms with Crippen LogP contribution in [-0.2, 0) is 0 Å². The summed E-state index contributed by atoms with van der Waals surface area (Å²) in [7, 11) is 0. The third kappa shape index (κ3) is 1.45. The molecule has 0 saturated carbocycles. The van der Waals surface area contributed by atoms with Crippen LogP contribution in [0.1, 0.15) is 5.89 Å². The van der Waals surface area contributed by atoms with E-state index >= 15 is 0 Å². The molecule has 0 amide bonds. The van der Waals surface area contributed by atoms with Gasteiger partial charge in [0.15, 0.2) is 11.7 Å². The molecule has 3 aromatic rings. The van der Waals surface area contributed by atoms with Crippen molar-refractivity contribution >= 4 is 21.4 Å². The predicted molar refractivity (Wildman–Crippen MR) is 62.1 cm³/mol. The average Bonchev–Trinajstić information content (AvgIpc) is 2.82. The lowest BCUT2D eigenvalue weighted by atomic mass is 10.2. The molecule has 2 aromatic heterocycles. The van der Waals surface area contributed by atoms with Crippen molar-refractivity contribution < 1.29 is 4.42 Å². The molecule has 0 fully saturated rings. The Morgan fingerprint density at radius 1 is 1.27 bits per heavy atom. The number of rotatable bonds is 1. The van der Waals surface area contributed by atoms with Crippen molar-refractivity contribution in [2.45, 2.75) is 6.92 Å². The number of hydrogen-bond acceptors (Lipinski definition) is 3. The molecule has 1 aromatic carbocycles. The van der Waals surface area contributed by atoms with E-state index in [1.807, 2.05) is 19.1 Å². The molecular weight excluding hydrogens is 206 g/mol. The van der Waals surface area contributed by atoms with Gasteiger partial charge in [0, 0.05) is 11.6 Å². The van der Waals surface area contributed by atoms with Crippen LogP contribution in [0.5, 0.6) is 0 Å². The van der Waals surface area contributed by atoms with E-state index < -0.39 is 0 Å². The Morgan fingerprint density at radius 2 is 2.13 bits per heavy atom. The van der Waals surface area contributed by atoms with Gasteiger partial charge >= 0.3 is 0 Å². The van der Waals surface area contributed by atoms with Gasteiger partial charge in [0.2, 0.25) is 0 Å². The van der Waals surface area contributed by atoms with Crippen LogP contribution in [0.25, 0.3) is 20.7 Å². The van der Waals surface area contributed by atoms with Crippen molar-refractivity contribution in [3.8, 4) is 10.6 Å². The van der Waals surface area contributed by atoms with Gasteiger partial charge in [-0.1, -0.05) is 18.2 Å². The Labute approximate surface area is 91.2 Å². The topological polar surface area (TPSA) is 26.0 Å². The van der Waals surface area contributed by atoms with Crippen LogP contribution in [0.4, 0.5) is 0 Å². The standard InChI is InChI=1S/C12H9NOS/c1-8-13-7-10(14-8)12-6-9-4-2-3-5-11(9)15-12/h2-7H,1H3. The molecule has 74 valence electrons. The quantitative estimate of drug-likeness (QED) is 0.616. The lowest BCUT2D eigenvalue weighted by Gasteiger charge is -1.85. The largest absolute Gasteiger partial charge is 0.440 e. The third-order valence-corrected chi connectivity index (χ3v) is 3.42. The summed E-state index contributed by atoms with van der Waals surface area (Å²) in [4.78, 5) is 5.24. The first-order valence-corrected chi connectivity index (χ1v) is 5.56. The van der Waals surface area contributed by atoms with Gasteiger partial charge in [-0.15, -0.1) is 11.3 Å². The minimum atomic E-state index is 0.711. The lowest BCUT2D eigenvalue weighted by Crippen LogP contribution is -1.61. The molecule has 0 saturated heterocycles. The second-order valence-electron chi connectivity index (χ2n) is 3.39. The number of benzene rings is 1. The maximum absolute atomic E-state index is 5.50. The molecular formula is C12H9NOS. The molecule has 15 heavy (non-hydrogen) atoms. The molecule has 0 aliphatic carbocycles. The number of oxazole rings is 1. The Hall–Kier alpha value is -1.61. The van der Waals surface area contributed by atoms with Crippen LogP contribution < -0.4 is 0 Å². The van der Waals surface area contributed by atoms with Crippen LogP contribution in [0.3, 0.4) is 0 Å². The van der Waals surface area contributed by atoms with E-state index in [1.54, 1.807) is 17.5 Å². The van der Waals surface area contributed by atoms with Crippen LogP contribution in [0.15, 0.2) is 40.9 Å². The molecule has 0 bridgehead atoms. The van der Waals surface area contributed by atoms with Gasteiger partial charge in [-0.25, -0.2) is 4.98 Å². The van der Waals surface area contributed by atoms with Gasteiger partial charge < -0.3 is 4.42 Å². The van der Waals surface area contributed by atoms with E-state index in [-0.39, 0.29) is 0 Å². The first-order valence-electron chi connectivity index (χ1n) is 4.74. The number of thiophene rings is 1. The SMILES string of the molecule is Cc1ncc(-c2cc3ccccc3s2)o1. The van der Waals surface area contributed by atoms with E-state index in [0.29, 0.717) is 5.89 Å². The summed E-state index contributed by atoms with van der Waals surface area (Å²) in [5.74, 6) is 1.57. The maximum Gasteiger partial charge on any atom is 0.191 e. The summed E-state index contributed by atoms with van der Waals surface area (Å²) >= 11 is 1.73. The van der Waals surface area contributed by atoms with Crippen LogP contribution in [0, 0.1) is 6.92 Å². The molecule has 0 aliphatic rings. The number of aryl methyl sites for hydroxylation is 1. The molecule has 3 heteroatoms. The second kappa shape index (κ2) is 3.21. The average molecular weight is 215 g/mol. The fraction of sp³-hybridized carbons (Fsp3) is 0.0833. The Kier molecular flexibility index (Phi) is 1.86. The van der Waals surface area contributed by atoms with Crippen molar-refractivity contribution in [1.82, 2.24) is 4.98 Å². The summed E-state index contributed by atoms with van der Waals surface area (Å²) in [5, 5.41) is 1.26. The highest BCUT2D eigenvalue weighted by Gasteiger charge is 2.07. The monoisotopic (exact) mass is 215 g/mol. The van der Waals surface area contributed by atoms with Crippen molar-refractivity contribution in [2.24, 2.45) is 0 Å². The molecule has 0 unspecified atom stereocenters. The Balaban J connectivity index is 2.19. The summed E-state index contributed by atoms with van der Waals surface area (Å²) in [6.07, 6.45) is 1.78. The first kappa shape index (κ1) is 8.68. The molecule has 0 spiro atoms. The van der Waals surface area contributed by atoms with E-state index in [1.165, 1.54) is 10.1 Å². The second-order valence-corrected chi connectivity index (χ2v) is 4.48. The van der Waals surface area contributed by atoms with E-state index in [9.17, 15) is 0 Å². The smallest absolute Gasteiger partial charge is 0.191 e. The molecule has 2 nitrogen and oxygen atoms in total. The third-order valence-electron chi connectivity index (χ3n) is 2.29. The number of fused-ring (bicyclic) bond motifs is 1. The number of nitrogens with zero attached hydrogens (tertiary/aromatic N) is 1. The maximum atomic E-state index is 5.50. The van der Waals surface area contributed by atoms with Crippen LogP contribution in [-0.4, -0.2) is 4.98 Å². The summed E-state index contributed by atoms with van der Waals surface area (Å²) < 4.78 is 6.78. The van der Waals surface area contributed by atoms with E-state index in [4.69, 9.17) is 4.42 Å². The predicted octanol–water partition coefficient (Wildman–Crippen LogP) is 3.86. The Bertz CT molecular complexity index is 576. The number of aromatic nitrogens is 1. The van der Waals surface area contributed by atoms with E-state index in [0.717, 1.165) is 10.6 Å². The zero-order chi connectivity index (χ0) is 10.3. The molecule has 0 radical (unpaired) electrons. The van der Waals surface area contributed by atoms with Crippen molar-refractivity contribution in [2.75, 3.05) is 0 Å². The fourth-order valence-corrected chi connectivity index (χ4v) is 2.59. The molecule has 0 N–H and O–H groups in total. The lowest BCUT2D eigenvalue weighted by molar-refractivity contribution is 0.535. The normalized spacial score (nSPS) is 11.0. The van der Waals surface area contributed by atoms with Crippen molar-refractivity contribution in [1.29, 1.82) is 0 Å². The fourth-order valence-electron chi connectivity index (χ4n) is 1.58. The van der Waals surface area contributed by atoms with Gasteiger partial charge in [-0.05, 0) is 17.5 Å². The van der Waals surface area contributed by atoms with E-state index in [2.05, 4.69) is 23.2 Å². The molecule has 0 atom stereocenters. The highest BCUT2D eigenvalue weighted by molar-refractivity contribution is 7.22. The molecule has 2 heterocycles. The highest BCUT2D eigenvalue weighted by Crippen LogP contribution is 2.33. The van der Waals surface area contributed by atoms with Crippen LogP contribution in [0.2, 0.25) is 0 Å². The van der Waals surface area contributed by atoms with Crippen LogP contribution >= 0.6 is 11.3 Å². The minimum absolute atomic E-state index is 0.711. The Morgan fingerprint density at radius 3 is 2.87 bits per heavy atom.